The summed E-state index contributed by atoms with van der Waals surface area (Å²) in [5, 5.41) is 13.4. The number of nitrogens with one attached hydrogen (secondary N) is 1. The van der Waals surface area contributed by atoms with Gasteiger partial charge in [0.1, 0.15) is 11.3 Å². The molecule has 1 fully saturated rings. The lowest BCUT2D eigenvalue weighted by atomic mass is 10.1. The van der Waals surface area contributed by atoms with Crippen molar-refractivity contribution in [1.29, 1.82) is 0 Å². The van der Waals surface area contributed by atoms with Gasteiger partial charge in [0, 0.05) is 24.6 Å². The number of rotatable bonds is 5. The van der Waals surface area contributed by atoms with Crippen molar-refractivity contribution in [3.8, 4) is 0 Å². The number of piperidine rings is 1. The number of carbonyl (C=O) groups excluding carboxylic acids is 1. The molecule has 6 heteroatoms. The van der Waals surface area contributed by atoms with E-state index in [1.165, 1.54) is 19.3 Å². The molecule has 0 aliphatic carbocycles. The third-order valence-electron chi connectivity index (χ3n) is 5.34. The van der Waals surface area contributed by atoms with Crippen molar-refractivity contribution in [2.24, 2.45) is 0 Å². The van der Waals surface area contributed by atoms with Crippen LogP contribution in [0, 0.1) is 6.92 Å². The number of carbonyl (C=O) groups is 1. The van der Waals surface area contributed by atoms with Gasteiger partial charge in [-0.25, -0.2) is 4.98 Å². The molecule has 1 aliphatic heterocycles. The predicted molar refractivity (Wildman–Crippen MR) is 110 cm³/mol. The van der Waals surface area contributed by atoms with Gasteiger partial charge in [0.05, 0.1) is 6.10 Å². The highest BCUT2D eigenvalue weighted by atomic mass is 16.3. The van der Waals surface area contributed by atoms with Crippen molar-refractivity contribution in [3.63, 3.8) is 0 Å². The minimum Gasteiger partial charge on any atom is -0.387 e. The Hall–Kier alpha value is -2.70. The van der Waals surface area contributed by atoms with Crippen molar-refractivity contribution in [2.75, 3.05) is 25.0 Å². The summed E-state index contributed by atoms with van der Waals surface area (Å²) in [6.45, 7) is 4.75. The van der Waals surface area contributed by atoms with Crippen LogP contribution in [0.3, 0.4) is 0 Å². The van der Waals surface area contributed by atoms with Gasteiger partial charge in [-0.3, -0.25) is 4.79 Å². The van der Waals surface area contributed by atoms with E-state index in [1.807, 2.05) is 53.9 Å². The van der Waals surface area contributed by atoms with Crippen LogP contribution in [0.4, 0.5) is 5.69 Å². The zero-order chi connectivity index (χ0) is 19.5. The van der Waals surface area contributed by atoms with Gasteiger partial charge in [-0.2, -0.15) is 0 Å². The monoisotopic (exact) mass is 378 g/mol. The van der Waals surface area contributed by atoms with Gasteiger partial charge in [-0.1, -0.05) is 24.6 Å². The van der Waals surface area contributed by atoms with Gasteiger partial charge in [-0.05, 0) is 62.2 Å². The number of imidazole rings is 1. The second kappa shape index (κ2) is 8.12. The number of anilines is 1. The molecule has 0 radical (unpaired) electrons. The standard InChI is InChI=1S/C22H26N4O2/c1-16-6-5-13-26-14-19(24-21(16)26)22(28)23-18-9-7-17(8-10-18)20(27)15-25-11-3-2-4-12-25/h5-10,13-14,20,27H,2-4,11-12,15H2,1H3,(H,23,28)/t20-/m0/s1. The maximum absolute atomic E-state index is 12.5. The van der Waals surface area contributed by atoms with Crippen molar-refractivity contribution >= 4 is 17.2 Å². The van der Waals surface area contributed by atoms with Crippen LogP contribution >= 0.6 is 0 Å². The number of likely N-dealkylation sites (tertiary alicyclic amines) is 1. The largest absolute Gasteiger partial charge is 0.387 e. The van der Waals surface area contributed by atoms with Crippen LogP contribution in [0.1, 0.15) is 47.0 Å². The van der Waals surface area contributed by atoms with Crippen molar-refractivity contribution in [3.05, 3.63) is 65.6 Å². The molecule has 1 saturated heterocycles. The van der Waals surface area contributed by atoms with E-state index < -0.39 is 6.10 Å². The predicted octanol–water partition coefficient (Wildman–Crippen LogP) is 3.41. The molecule has 1 amide bonds. The number of β-amino-alcohol motifs (C(OH)–C–C–N with tert-alkyl or cyclic N) is 1. The number of hydrogen-bond donors (Lipinski definition) is 2. The van der Waals surface area contributed by atoms with Crippen LogP contribution in [0.25, 0.3) is 5.65 Å². The molecule has 2 aromatic heterocycles. The third-order valence-corrected chi connectivity index (χ3v) is 5.34. The smallest absolute Gasteiger partial charge is 0.275 e. The van der Waals surface area contributed by atoms with Gasteiger partial charge in [-0.15, -0.1) is 0 Å². The molecular formula is C22H26N4O2. The summed E-state index contributed by atoms with van der Waals surface area (Å²) in [5.41, 5.74) is 3.74. The number of pyridine rings is 1. The molecule has 3 heterocycles. The highest BCUT2D eigenvalue weighted by molar-refractivity contribution is 6.03. The Labute approximate surface area is 164 Å². The van der Waals surface area contributed by atoms with Crippen LogP contribution in [0.2, 0.25) is 0 Å². The number of aromatic nitrogens is 2. The number of aliphatic hydroxyl groups is 1. The number of hydrogen-bond acceptors (Lipinski definition) is 4. The van der Waals surface area contributed by atoms with Crippen LogP contribution in [0.5, 0.6) is 0 Å². The summed E-state index contributed by atoms with van der Waals surface area (Å²) in [7, 11) is 0. The lowest BCUT2D eigenvalue weighted by molar-refractivity contribution is 0.101. The Morgan fingerprint density at radius 1 is 1.18 bits per heavy atom. The lowest BCUT2D eigenvalue weighted by Gasteiger charge is -2.28. The molecule has 28 heavy (non-hydrogen) atoms. The number of aryl methyl sites for hydroxylation is 1. The molecule has 1 atom stereocenters. The molecule has 2 N–H and O–H groups in total. The Morgan fingerprint density at radius 3 is 2.64 bits per heavy atom. The highest BCUT2D eigenvalue weighted by Gasteiger charge is 2.16. The molecule has 0 unspecified atom stereocenters. The van der Waals surface area contributed by atoms with E-state index in [9.17, 15) is 9.90 Å². The summed E-state index contributed by atoms with van der Waals surface area (Å²) in [4.78, 5) is 19.3. The summed E-state index contributed by atoms with van der Waals surface area (Å²) < 4.78 is 1.85. The summed E-state index contributed by atoms with van der Waals surface area (Å²) in [6.07, 6.45) is 6.80. The highest BCUT2D eigenvalue weighted by Crippen LogP contribution is 2.20. The maximum Gasteiger partial charge on any atom is 0.275 e. The third kappa shape index (κ3) is 4.08. The molecule has 0 saturated carbocycles. The SMILES string of the molecule is Cc1cccn2cc(C(=O)Nc3ccc([C@@H](O)CN4CCCCC4)cc3)nc12. The fourth-order valence-electron chi connectivity index (χ4n) is 3.74. The second-order valence-corrected chi connectivity index (χ2v) is 7.50. The first kappa shape index (κ1) is 18.7. The molecule has 1 aliphatic rings. The molecular weight excluding hydrogens is 352 g/mol. The van der Waals surface area contributed by atoms with E-state index in [0.29, 0.717) is 17.9 Å². The summed E-state index contributed by atoms with van der Waals surface area (Å²) >= 11 is 0. The fraction of sp³-hybridized carbons (Fsp3) is 0.364. The average Bonchev–Trinajstić information content (AvgIpc) is 3.15. The normalized spacial score (nSPS) is 16.2. The molecule has 0 bridgehead atoms. The zero-order valence-corrected chi connectivity index (χ0v) is 16.1. The van der Waals surface area contributed by atoms with E-state index >= 15 is 0 Å². The first-order valence-corrected chi connectivity index (χ1v) is 9.86. The van der Waals surface area contributed by atoms with Gasteiger partial charge in [0.2, 0.25) is 0 Å². The quantitative estimate of drug-likeness (QED) is 0.714. The molecule has 146 valence electrons. The van der Waals surface area contributed by atoms with Crippen LogP contribution in [-0.4, -0.2) is 44.9 Å². The number of aliphatic hydroxyl groups excluding tert-OH is 1. The van der Waals surface area contributed by atoms with E-state index in [1.54, 1.807) is 6.20 Å². The first-order valence-electron chi connectivity index (χ1n) is 9.86. The topological polar surface area (TPSA) is 69.9 Å². The fourth-order valence-corrected chi connectivity index (χ4v) is 3.74. The summed E-state index contributed by atoms with van der Waals surface area (Å²) in [6, 6.07) is 11.3. The number of benzene rings is 1. The lowest BCUT2D eigenvalue weighted by Crippen LogP contribution is -2.33. The van der Waals surface area contributed by atoms with E-state index in [0.717, 1.165) is 29.9 Å². The van der Waals surface area contributed by atoms with Gasteiger partial charge < -0.3 is 19.7 Å². The zero-order valence-electron chi connectivity index (χ0n) is 16.1. The van der Waals surface area contributed by atoms with E-state index in [-0.39, 0.29) is 5.91 Å². The molecule has 3 aromatic rings. The minimum atomic E-state index is -0.510. The molecule has 1 aromatic carbocycles. The number of fused-ring (bicyclic) bond motifs is 1. The Balaban J connectivity index is 1.40. The molecule has 4 rings (SSSR count). The first-order chi connectivity index (χ1) is 13.6. The Kier molecular flexibility index (Phi) is 5.41. The minimum absolute atomic E-state index is 0.246. The van der Waals surface area contributed by atoms with Crippen molar-refractivity contribution < 1.29 is 9.90 Å². The molecule has 6 nitrogen and oxygen atoms in total. The van der Waals surface area contributed by atoms with Gasteiger partial charge in [0.25, 0.3) is 5.91 Å². The van der Waals surface area contributed by atoms with E-state index in [2.05, 4.69) is 15.2 Å². The molecule has 0 spiro atoms. The number of amides is 1. The van der Waals surface area contributed by atoms with Gasteiger partial charge >= 0.3 is 0 Å². The second-order valence-electron chi connectivity index (χ2n) is 7.50. The van der Waals surface area contributed by atoms with Gasteiger partial charge in [0.15, 0.2) is 0 Å². The van der Waals surface area contributed by atoms with Crippen LogP contribution < -0.4 is 5.32 Å². The van der Waals surface area contributed by atoms with E-state index in [4.69, 9.17) is 0 Å². The van der Waals surface area contributed by atoms with Crippen molar-refractivity contribution in [1.82, 2.24) is 14.3 Å². The Bertz CT molecular complexity index is 958. The Morgan fingerprint density at radius 2 is 1.93 bits per heavy atom. The summed E-state index contributed by atoms with van der Waals surface area (Å²) in [5.74, 6) is -0.246. The van der Waals surface area contributed by atoms with Crippen LogP contribution in [-0.2, 0) is 0 Å². The van der Waals surface area contributed by atoms with Crippen molar-refractivity contribution in [2.45, 2.75) is 32.3 Å². The maximum atomic E-state index is 12.5. The van der Waals surface area contributed by atoms with Crippen LogP contribution in [0.15, 0.2) is 48.8 Å². The number of nitrogens with zero attached hydrogens (tertiary/aromatic N) is 3. The average molecular weight is 378 g/mol.